The summed E-state index contributed by atoms with van der Waals surface area (Å²) in [7, 11) is 0. The van der Waals surface area contributed by atoms with Crippen LogP contribution in [0.15, 0.2) is 47.6 Å². The van der Waals surface area contributed by atoms with Crippen LogP contribution in [0.5, 0.6) is 0 Å². The predicted molar refractivity (Wildman–Crippen MR) is 107 cm³/mol. The molecule has 1 N–H and O–H groups in total. The number of amides is 1. The third-order valence-corrected chi connectivity index (χ3v) is 4.61. The van der Waals surface area contributed by atoms with E-state index < -0.39 is 5.91 Å². The summed E-state index contributed by atoms with van der Waals surface area (Å²) >= 11 is 11.9. The molecule has 0 saturated heterocycles. The van der Waals surface area contributed by atoms with Crippen molar-refractivity contribution in [3.8, 4) is 12.3 Å². The minimum Gasteiger partial charge on any atom is -0.333 e. The number of benzene rings is 2. The molecule has 1 heterocycles. The summed E-state index contributed by atoms with van der Waals surface area (Å²) in [6.07, 6.45) is 7.09. The SMILES string of the molecule is C#CCn1c(C)c(/C=N\NC(=O)c2ccc(Cl)cc2Cl)c2ccccc21. The zero-order valence-electron chi connectivity index (χ0n) is 14.0. The average Bonchev–Trinajstić information content (AvgIpc) is 2.88. The summed E-state index contributed by atoms with van der Waals surface area (Å²) in [5.74, 6) is 2.25. The molecule has 130 valence electrons. The molecule has 3 aromatic rings. The van der Waals surface area contributed by atoms with Crippen LogP contribution in [0.4, 0.5) is 0 Å². The first-order valence-corrected chi connectivity index (χ1v) is 8.58. The van der Waals surface area contributed by atoms with E-state index in [2.05, 4.69) is 16.4 Å². The molecule has 0 aliphatic rings. The van der Waals surface area contributed by atoms with Gasteiger partial charge in [0.25, 0.3) is 5.91 Å². The number of para-hydroxylation sites is 1. The summed E-state index contributed by atoms with van der Waals surface area (Å²) < 4.78 is 2.04. The van der Waals surface area contributed by atoms with Gasteiger partial charge in [-0.05, 0) is 31.2 Å². The van der Waals surface area contributed by atoms with Gasteiger partial charge in [0.05, 0.1) is 23.3 Å². The summed E-state index contributed by atoms with van der Waals surface area (Å²) in [5.41, 5.74) is 5.70. The first kappa shape index (κ1) is 18.1. The van der Waals surface area contributed by atoms with E-state index in [4.69, 9.17) is 29.6 Å². The maximum Gasteiger partial charge on any atom is 0.272 e. The number of hydrogen-bond donors (Lipinski definition) is 1. The van der Waals surface area contributed by atoms with Gasteiger partial charge in [0.15, 0.2) is 0 Å². The van der Waals surface area contributed by atoms with Crippen molar-refractivity contribution in [2.75, 3.05) is 0 Å². The molecule has 0 spiro atoms. The van der Waals surface area contributed by atoms with Crippen molar-refractivity contribution in [3.63, 3.8) is 0 Å². The number of rotatable bonds is 4. The molecule has 1 aromatic heterocycles. The number of nitrogens with one attached hydrogen (secondary N) is 1. The molecular formula is C20H15Cl2N3O. The normalized spacial score (nSPS) is 11.0. The summed E-state index contributed by atoms with van der Waals surface area (Å²) in [6.45, 7) is 2.43. The number of hydrazone groups is 1. The number of terminal acetylenes is 1. The van der Waals surface area contributed by atoms with Crippen molar-refractivity contribution in [3.05, 3.63) is 69.3 Å². The topological polar surface area (TPSA) is 46.4 Å². The van der Waals surface area contributed by atoms with Crippen molar-refractivity contribution in [1.82, 2.24) is 9.99 Å². The number of halogens is 2. The zero-order chi connectivity index (χ0) is 18.7. The highest BCUT2D eigenvalue weighted by atomic mass is 35.5. The summed E-state index contributed by atoms with van der Waals surface area (Å²) in [5, 5.41) is 5.84. The third-order valence-electron chi connectivity index (χ3n) is 4.06. The molecule has 0 aliphatic carbocycles. The van der Waals surface area contributed by atoms with Crippen LogP contribution in [0.3, 0.4) is 0 Å². The quantitative estimate of drug-likeness (QED) is 0.397. The number of fused-ring (bicyclic) bond motifs is 1. The fourth-order valence-corrected chi connectivity index (χ4v) is 3.30. The Morgan fingerprint density at radius 2 is 2.08 bits per heavy atom. The van der Waals surface area contributed by atoms with E-state index >= 15 is 0 Å². The fraction of sp³-hybridized carbons (Fsp3) is 0.100. The monoisotopic (exact) mass is 383 g/mol. The Kier molecular flexibility index (Phi) is 5.32. The van der Waals surface area contributed by atoms with Gasteiger partial charge in [-0.2, -0.15) is 5.10 Å². The number of carbonyl (C=O) groups is 1. The summed E-state index contributed by atoms with van der Waals surface area (Å²) in [4.78, 5) is 12.2. The number of aromatic nitrogens is 1. The lowest BCUT2D eigenvalue weighted by Gasteiger charge is -2.03. The largest absolute Gasteiger partial charge is 0.333 e. The van der Waals surface area contributed by atoms with Gasteiger partial charge < -0.3 is 4.57 Å². The van der Waals surface area contributed by atoms with Crippen molar-refractivity contribution < 1.29 is 4.79 Å². The fourth-order valence-electron chi connectivity index (χ4n) is 2.81. The Balaban J connectivity index is 1.88. The van der Waals surface area contributed by atoms with Gasteiger partial charge in [-0.25, -0.2) is 5.43 Å². The number of hydrogen-bond acceptors (Lipinski definition) is 2. The first-order valence-electron chi connectivity index (χ1n) is 7.82. The molecule has 3 rings (SSSR count). The third kappa shape index (κ3) is 3.45. The van der Waals surface area contributed by atoms with Crippen LogP contribution < -0.4 is 5.43 Å². The molecule has 1 amide bonds. The minimum atomic E-state index is -0.409. The number of nitrogens with zero attached hydrogens (tertiary/aromatic N) is 2. The average molecular weight is 384 g/mol. The summed E-state index contributed by atoms with van der Waals surface area (Å²) in [6, 6.07) is 12.6. The maximum atomic E-state index is 12.2. The molecule has 0 bridgehead atoms. The Morgan fingerprint density at radius 1 is 1.31 bits per heavy atom. The van der Waals surface area contributed by atoms with Gasteiger partial charge in [0.2, 0.25) is 0 Å². The zero-order valence-corrected chi connectivity index (χ0v) is 15.5. The van der Waals surface area contributed by atoms with Gasteiger partial charge in [0, 0.05) is 27.2 Å². The second-order valence-electron chi connectivity index (χ2n) is 5.63. The lowest BCUT2D eigenvalue weighted by Crippen LogP contribution is -2.18. The molecule has 4 nitrogen and oxygen atoms in total. The molecule has 0 aliphatic heterocycles. The second kappa shape index (κ2) is 7.65. The lowest BCUT2D eigenvalue weighted by molar-refractivity contribution is 0.0955. The first-order chi connectivity index (χ1) is 12.5. The van der Waals surface area contributed by atoms with Gasteiger partial charge in [-0.15, -0.1) is 6.42 Å². The molecule has 0 fully saturated rings. The highest BCUT2D eigenvalue weighted by Gasteiger charge is 2.12. The van der Waals surface area contributed by atoms with Crippen molar-refractivity contribution >= 4 is 46.2 Å². The highest BCUT2D eigenvalue weighted by molar-refractivity contribution is 6.36. The van der Waals surface area contributed by atoms with E-state index in [0.29, 0.717) is 17.1 Å². The van der Waals surface area contributed by atoms with Gasteiger partial charge in [-0.1, -0.05) is 47.3 Å². The molecule has 2 aromatic carbocycles. The smallest absolute Gasteiger partial charge is 0.272 e. The van der Waals surface area contributed by atoms with Crippen molar-refractivity contribution in [2.24, 2.45) is 5.10 Å². The van der Waals surface area contributed by atoms with Crippen LogP contribution in [-0.2, 0) is 6.54 Å². The molecule has 6 heteroatoms. The van der Waals surface area contributed by atoms with Gasteiger partial charge in [-0.3, -0.25) is 4.79 Å². The van der Waals surface area contributed by atoms with Gasteiger partial charge >= 0.3 is 0 Å². The molecule has 0 radical (unpaired) electrons. The van der Waals surface area contributed by atoms with Crippen LogP contribution >= 0.6 is 23.2 Å². The van der Waals surface area contributed by atoms with Crippen LogP contribution in [-0.4, -0.2) is 16.7 Å². The van der Waals surface area contributed by atoms with Crippen LogP contribution in [0.2, 0.25) is 10.0 Å². The Labute approximate surface area is 161 Å². The van der Waals surface area contributed by atoms with Crippen LogP contribution in [0.25, 0.3) is 10.9 Å². The van der Waals surface area contributed by atoms with E-state index in [1.54, 1.807) is 18.3 Å². The molecule has 26 heavy (non-hydrogen) atoms. The Bertz CT molecular complexity index is 1060. The minimum absolute atomic E-state index is 0.270. The standard InChI is InChI=1S/C20H15Cl2N3O/c1-3-10-25-13(2)17(15-6-4-5-7-19(15)25)12-23-24-20(26)16-9-8-14(21)11-18(16)22/h1,4-9,11-12H,10H2,2H3,(H,24,26)/b23-12-. The number of carbonyl (C=O) groups excluding carboxylic acids is 1. The maximum absolute atomic E-state index is 12.2. The lowest BCUT2D eigenvalue weighted by atomic mass is 10.1. The van der Waals surface area contributed by atoms with Crippen molar-refractivity contribution in [1.29, 1.82) is 0 Å². The molecule has 0 atom stereocenters. The van der Waals surface area contributed by atoms with Crippen molar-refractivity contribution in [2.45, 2.75) is 13.5 Å². The van der Waals surface area contributed by atoms with E-state index in [1.807, 2.05) is 35.8 Å². The highest BCUT2D eigenvalue weighted by Crippen LogP contribution is 2.24. The predicted octanol–water partition coefficient (Wildman–Crippen LogP) is 4.65. The molecule has 0 unspecified atom stereocenters. The molecule has 0 saturated carbocycles. The van der Waals surface area contributed by atoms with E-state index in [1.165, 1.54) is 6.07 Å². The van der Waals surface area contributed by atoms with E-state index in [9.17, 15) is 4.79 Å². The Morgan fingerprint density at radius 3 is 2.81 bits per heavy atom. The van der Waals surface area contributed by atoms with E-state index in [0.717, 1.165) is 22.2 Å². The van der Waals surface area contributed by atoms with Crippen LogP contribution in [0.1, 0.15) is 21.6 Å². The second-order valence-corrected chi connectivity index (χ2v) is 6.47. The van der Waals surface area contributed by atoms with E-state index in [-0.39, 0.29) is 5.02 Å². The Hall–Kier alpha value is -2.74. The molecular weight excluding hydrogens is 369 g/mol. The van der Waals surface area contributed by atoms with Crippen LogP contribution in [0, 0.1) is 19.3 Å². The van der Waals surface area contributed by atoms with Gasteiger partial charge in [0.1, 0.15) is 0 Å².